The van der Waals surface area contributed by atoms with E-state index in [4.69, 9.17) is 16.3 Å². The fourth-order valence-corrected chi connectivity index (χ4v) is 5.95. The number of nitrogens with one attached hydrogen (secondary N) is 1. The van der Waals surface area contributed by atoms with Crippen molar-refractivity contribution >= 4 is 39.1 Å². The van der Waals surface area contributed by atoms with Crippen molar-refractivity contribution in [1.82, 2.24) is 10.2 Å². The average Bonchev–Trinajstić information content (AvgIpc) is 2.98. The predicted molar refractivity (Wildman–Crippen MR) is 173 cm³/mol. The zero-order chi connectivity index (χ0) is 31.2. The number of benzene rings is 3. The highest BCUT2D eigenvalue weighted by molar-refractivity contribution is 7.92. The highest BCUT2D eigenvalue weighted by Crippen LogP contribution is 2.23. The predicted octanol–water partition coefficient (Wildman–Crippen LogP) is 5.84. The minimum absolute atomic E-state index is 0.0527. The summed E-state index contributed by atoms with van der Waals surface area (Å²) < 4.78 is 32.1. The second-order valence-electron chi connectivity index (χ2n) is 10.4. The molecule has 1 atom stereocenters. The molecule has 232 valence electrons. The van der Waals surface area contributed by atoms with Gasteiger partial charge in [-0.1, -0.05) is 67.4 Å². The molecule has 0 fully saturated rings. The fourth-order valence-electron chi connectivity index (χ4n) is 4.77. The first-order valence-electron chi connectivity index (χ1n) is 14.7. The minimum Gasteiger partial charge on any atom is -0.494 e. The number of ether oxygens (including phenoxy) is 1. The van der Waals surface area contributed by atoms with Crippen molar-refractivity contribution in [3.63, 3.8) is 0 Å². The summed E-state index contributed by atoms with van der Waals surface area (Å²) >= 11 is 6.26. The van der Waals surface area contributed by atoms with Gasteiger partial charge in [0.1, 0.15) is 11.8 Å². The van der Waals surface area contributed by atoms with Gasteiger partial charge in [0.05, 0.1) is 18.6 Å². The number of rotatable bonds is 17. The summed E-state index contributed by atoms with van der Waals surface area (Å²) in [6.07, 6.45) is 3.57. The van der Waals surface area contributed by atoms with Crippen molar-refractivity contribution in [2.75, 3.05) is 30.3 Å². The van der Waals surface area contributed by atoms with E-state index < -0.39 is 16.1 Å². The van der Waals surface area contributed by atoms with Crippen molar-refractivity contribution in [2.45, 2.75) is 58.5 Å². The lowest BCUT2D eigenvalue weighted by Gasteiger charge is -2.32. The molecule has 10 heteroatoms. The number of anilines is 1. The zero-order valence-corrected chi connectivity index (χ0v) is 26.7. The zero-order valence-electron chi connectivity index (χ0n) is 25.2. The molecule has 0 aliphatic heterocycles. The van der Waals surface area contributed by atoms with Gasteiger partial charge in [-0.05, 0) is 67.3 Å². The lowest BCUT2D eigenvalue weighted by molar-refractivity contribution is -0.141. The van der Waals surface area contributed by atoms with Crippen LogP contribution in [0.3, 0.4) is 0 Å². The number of carbonyl (C=O) groups excluding carboxylic acids is 2. The molecule has 0 aromatic heterocycles. The van der Waals surface area contributed by atoms with Gasteiger partial charge >= 0.3 is 0 Å². The lowest BCUT2D eigenvalue weighted by atomic mass is 10.0. The van der Waals surface area contributed by atoms with Crippen molar-refractivity contribution in [3.05, 3.63) is 95.0 Å². The van der Waals surface area contributed by atoms with Gasteiger partial charge in [0, 0.05) is 37.5 Å². The topological polar surface area (TPSA) is 96.0 Å². The third-order valence-electron chi connectivity index (χ3n) is 6.93. The van der Waals surface area contributed by atoms with E-state index >= 15 is 0 Å². The molecule has 3 rings (SSSR count). The van der Waals surface area contributed by atoms with Crippen molar-refractivity contribution in [3.8, 4) is 5.75 Å². The van der Waals surface area contributed by atoms with Crippen LogP contribution >= 0.6 is 11.6 Å². The third kappa shape index (κ3) is 10.9. The number of nitrogens with zero attached hydrogens (tertiary/aromatic N) is 2. The number of amides is 2. The standard InChI is InChI=1S/C33H42ClN3O5S/c1-4-6-21-35-33(39)31(24-26-12-8-7-9-13-26)36(25-27-14-10-15-28(34)23-27)32(38)16-11-22-37(43(3,40)41)29-17-19-30(20-18-29)42-5-2/h7-10,12-15,17-20,23,31H,4-6,11,16,21-22,24-25H2,1-3H3,(H,35,39)/t31-/m1/s1. The van der Waals surface area contributed by atoms with E-state index in [9.17, 15) is 18.0 Å². The van der Waals surface area contributed by atoms with Crippen molar-refractivity contribution in [1.29, 1.82) is 0 Å². The van der Waals surface area contributed by atoms with E-state index in [2.05, 4.69) is 12.2 Å². The Bertz CT molecular complexity index is 1420. The van der Waals surface area contributed by atoms with Crippen LogP contribution in [0.5, 0.6) is 5.75 Å². The Morgan fingerprint density at radius 1 is 0.930 bits per heavy atom. The maximum Gasteiger partial charge on any atom is 0.243 e. The quantitative estimate of drug-likeness (QED) is 0.190. The van der Waals surface area contributed by atoms with Gasteiger partial charge in [-0.3, -0.25) is 13.9 Å². The molecule has 0 unspecified atom stereocenters. The first-order valence-corrected chi connectivity index (χ1v) is 16.9. The molecule has 0 spiro atoms. The van der Waals surface area contributed by atoms with Gasteiger partial charge in [-0.25, -0.2) is 8.42 Å². The van der Waals surface area contributed by atoms with E-state index in [1.807, 2.05) is 49.4 Å². The second-order valence-corrected chi connectivity index (χ2v) is 12.7. The Labute approximate surface area is 261 Å². The maximum atomic E-state index is 13.9. The van der Waals surface area contributed by atoms with Crippen LogP contribution < -0.4 is 14.4 Å². The molecule has 0 heterocycles. The Morgan fingerprint density at radius 3 is 2.26 bits per heavy atom. The smallest absolute Gasteiger partial charge is 0.243 e. The van der Waals surface area contributed by atoms with Crippen LogP contribution in [0.2, 0.25) is 5.02 Å². The molecule has 2 amide bonds. The van der Waals surface area contributed by atoms with Crippen molar-refractivity contribution < 1.29 is 22.7 Å². The normalized spacial score (nSPS) is 11.9. The molecule has 0 radical (unpaired) electrons. The fraction of sp³-hybridized carbons (Fsp3) is 0.394. The molecule has 0 aliphatic carbocycles. The molecule has 1 N–H and O–H groups in total. The van der Waals surface area contributed by atoms with Crippen LogP contribution in [0.15, 0.2) is 78.9 Å². The molecule has 43 heavy (non-hydrogen) atoms. The van der Waals surface area contributed by atoms with Crippen LogP contribution in [-0.2, 0) is 32.6 Å². The van der Waals surface area contributed by atoms with Gasteiger partial charge < -0.3 is 15.0 Å². The van der Waals surface area contributed by atoms with Crippen LogP contribution in [0.4, 0.5) is 5.69 Å². The van der Waals surface area contributed by atoms with E-state index in [0.29, 0.717) is 36.0 Å². The molecule has 8 nitrogen and oxygen atoms in total. The number of halogens is 1. The van der Waals surface area contributed by atoms with Gasteiger partial charge in [-0.15, -0.1) is 0 Å². The maximum absolute atomic E-state index is 13.9. The number of unbranched alkanes of at least 4 members (excludes halogenated alkanes) is 1. The Hall–Kier alpha value is -3.56. The van der Waals surface area contributed by atoms with Crippen LogP contribution in [0.25, 0.3) is 0 Å². The summed E-state index contributed by atoms with van der Waals surface area (Å²) in [4.78, 5) is 29.1. The van der Waals surface area contributed by atoms with Gasteiger partial charge in [-0.2, -0.15) is 0 Å². The molecular formula is C33H42ClN3O5S. The summed E-state index contributed by atoms with van der Waals surface area (Å²) in [6, 6.07) is 22.9. The number of sulfonamides is 1. The summed E-state index contributed by atoms with van der Waals surface area (Å²) in [6.45, 7) is 5.25. The Balaban J connectivity index is 1.85. The highest BCUT2D eigenvalue weighted by atomic mass is 35.5. The van der Waals surface area contributed by atoms with Crippen LogP contribution in [0, 0.1) is 0 Å². The number of carbonyl (C=O) groups is 2. The lowest BCUT2D eigenvalue weighted by Crippen LogP contribution is -2.50. The first-order chi connectivity index (χ1) is 20.6. The molecular weight excluding hydrogens is 586 g/mol. The molecule has 0 aliphatic rings. The highest BCUT2D eigenvalue weighted by Gasteiger charge is 2.30. The summed E-state index contributed by atoms with van der Waals surface area (Å²) in [5.41, 5.74) is 2.22. The Morgan fingerprint density at radius 2 is 1.63 bits per heavy atom. The first kappa shape index (κ1) is 33.9. The molecule has 3 aromatic carbocycles. The second kappa shape index (κ2) is 16.9. The van der Waals surface area contributed by atoms with E-state index in [0.717, 1.165) is 30.2 Å². The third-order valence-corrected chi connectivity index (χ3v) is 8.36. The summed E-state index contributed by atoms with van der Waals surface area (Å²) in [5, 5.41) is 3.55. The average molecular weight is 628 g/mol. The van der Waals surface area contributed by atoms with E-state index in [-0.39, 0.29) is 37.7 Å². The van der Waals surface area contributed by atoms with Gasteiger partial charge in [0.15, 0.2) is 0 Å². The molecule has 0 saturated carbocycles. The van der Waals surface area contributed by atoms with Crippen LogP contribution in [-0.4, -0.2) is 57.1 Å². The number of hydrogen-bond donors (Lipinski definition) is 1. The monoisotopic (exact) mass is 627 g/mol. The van der Waals surface area contributed by atoms with Crippen LogP contribution in [0.1, 0.15) is 50.7 Å². The van der Waals surface area contributed by atoms with E-state index in [1.165, 1.54) is 4.31 Å². The molecule has 3 aromatic rings. The molecule has 0 saturated heterocycles. The molecule has 0 bridgehead atoms. The van der Waals surface area contributed by atoms with Gasteiger partial charge in [0.2, 0.25) is 21.8 Å². The summed E-state index contributed by atoms with van der Waals surface area (Å²) in [5.74, 6) is 0.180. The minimum atomic E-state index is -3.61. The summed E-state index contributed by atoms with van der Waals surface area (Å²) in [7, 11) is -3.61. The largest absolute Gasteiger partial charge is 0.494 e. The van der Waals surface area contributed by atoms with Gasteiger partial charge in [0.25, 0.3) is 0 Å². The van der Waals surface area contributed by atoms with E-state index in [1.54, 1.807) is 41.3 Å². The number of hydrogen-bond acceptors (Lipinski definition) is 5. The Kier molecular flexibility index (Phi) is 13.3. The SMILES string of the molecule is CCCCNC(=O)[C@@H](Cc1ccccc1)N(Cc1cccc(Cl)c1)C(=O)CCCN(c1ccc(OCC)cc1)S(C)(=O)=O. The van der Waals surface area contributed by atoms with Crippen molar-refractivity contribution in [2.24, 2.45) is 0 Å².